The van der Waals surface area contributed by atoms with E-state index in [0.29, 0.717) is 6.61 Å². The number of rotatable bonds is 0. The Morgan fingerprint density at radius 3 is 3.09 bits per heavy atom. The van der Waals surface area contributed by atoms with Gasteiger partial charge in [0.1, 0.15) is 5.75 Å². The smallest absolute Gasteiger partial charge is 0.315 e. The second kappa shape index (κ2) is 2.78. The third kappa shape index (κ3) is 1.36. The fraction of sp³-hybridized carbons (Fsp3) is 0.143. The van der Waals surface area contributed by atoms with Crippen molar-refractivity contribution in [3.63, 3.8) is 0 Å². The quantitative estimate of drug-likeness (QED) is 0.602. The van der Waals surface area contributed by atoms with Gasteiger partial charge in [-0.05, 0) is 6.07 Å². The van der Waals surface area contributed by atoms with E-state index in [1.54, 1.807) is 0 Å². The largest absolute Gasteiger partial charge is 0.436 e. The fourth-order valence-corrected chi connectivity index (χ4v) is 1.66. The lowest BCUT2D eigenvalue weighted by molar-refractivity contribution is 0.278. The molecule has 1 aromatic carbocycles. The van der Waals surface area contributed by atoms with E-state index in [0.717, 1.165) is 11.3 Å². The molecule has 3 nitrogen and oxygen atoms in total. The van der Waals surface area contributed by atoms with Crippen LogP contribution in [0.1, 0.15) is 5.56 Å². The summed E-state index contributed by atoms with van der Waals surface area (Å²) in [5.41, 5.74) is 6.54. The molecule has 0 saturated carbocycles. The van der Waals surface area contributed by atoms with Gasteiger partial charge in [-0.25, -0.2) is 0 Å². The van der Waals surface area contributed by atoms with Gasteiger partial charge in [-0.15, -0.1) is 0 Å². The van der Waals surface area contributed by atoms with Crippen LogP contribution in [0, 0.1) is 0 Å². The first-order chi connectivity index (χ1) is 5.36. The van der Waals surface area contributed by atoms with Crippen molar-refractivity contribution in [1.82, 2.24) is 0 Å². The zero-order valence-corrected chi connectivity index (χ0v) is 6.75. The number of para-hydroxylation sites is 1. The van der Waals surface area contributed by atoms with Crippen LogP contribution in [0.5, 0.6) is 5.75 Å². The first kappa shape index (κ1) is 7.04. The summed E-state index contributed by atoms with van der Waals surface area (Å²) in [6.45, 7) is 0.568. The van der Waals surface area contributed by atoms with E-state index < -0.39 is 8.53 Å². The molecule has 1 unspecified atom stereocenters. The van der Waals surface area contributed by atoms with Gasteiger partial charge in [0.05, 0.1) is 6.61 Å². The highest BCUT2D eigenvalue weighted by Gasteiger charge is 2.16. The minimum atomic E-state index is -1.18. The Kier molecular flexibility index (Phi) is 1.78. The van der Waals surface area contributed by atoms with Crippen molar-refractivity contribution in [3.8, 4) is 5.75 Å². The molecular formula is C7H8NO2P. The van der Waals surface area contributed by atoms with Gasteiger partial charge in [0.25, 0.3) is 0 Å². The van der Waals surface area contributed by atoms with Crippen LogP contribution < -0.4 is 10.0 Å². The molecule has 1 aliphatic rings. The Hall–Kier alpha value is -0.630. The van der Waals surface area contributed by atoms with Crippen molar-refractivity contribution in [2.45, 2.75) is 6.61 Å². The Balaban J connectivity index is 2.34. The van der Waals surface area contributed by atoms with Crippen LogP contribution in [-0.4, -0.2) is 0 Å². The average molecular weight is 169 g/mol. The molecule has 2 N–H and O–H groups in total. The van der Waals surface area contributed by atoms with Crippen LogP contribution in [0.25, 0.3) is 0 Å². The summed E-state index contributed by atoms with van der Waals surface area (Å²) in [7, 11) is -1.18. The highest BCUT2D eigenvalue weighted by atomic mass is 31.2. The summed E-state index contributed by atoms with van der Waals surface area (Å²) >= 11 is 0. The van der Waals surface area contributed by atoms with E-state index in [-0.39, 0.29) is 0 Å². The highest BCUT2D eigenvalue weighted by Crippen LogP contribution is 2.39. The second-order valence-electron chi connectivity index (χ2n) is 2.26. The van der Waals surface area contributed by atoms with Gasteiger partial charge in [0.15, 0.2) is 0 Å². The maximum Gasteiger partial charge on any atom is 0.315 e. The molecular weight excluding hydrogens is 161 g/mol. The lowest BCUT2D eigenvalue weighted by atomic mass is 10.2. The Morgan fingerprint density at radius 2 is 2.18 bits per heavy atom. The fourth-order valence-electron chi connectivity index (χ4n) is 0.969. The van der Waals surface area contributed by atoms with Crippen molar-refractivity contribution < 1.29 is 9.05 Å². The molecule has 1 atom stereocenters. The molecule has 1 heterocycles. The normalized spacial score (nSPS) is 22.1. The average Bonchev–Trinajstić information content (AvgIpc) is 2.04. The van der Waals surface area contributed by atoms with E-state index >= 15 is 0 Å². The van der Waals surface area contributed by atoms with Crippen LogP contribution in [0.2, 0.25) is 0 Å². The predicted octanol–water partition coefficient (Wildman–Crippen LogP) is 1.78. The van der Waals surface area contributed by atoms with Crippen molar-refractivity contribution >= 4 is 8.53 Å². The molecule has 0 saturated heterocycles. The van der Waals surface area contributed by atoms with Gasteiger partial charge >= 0.3 is 8.53 Å². The van der Waals surface area contributed by atoms with Gasteiger partial charge in [-0.1, -0.05) is 18.2 Å². The van der Waals surface area contributed by atoms with Crippen molar-refractivity contribution in [2.24, 2.45) is 5.50 Å². The highest BCUT2D eigenvalue weighted by molar-refractivity contribution is 7.44. The molecule has 0 spiro atoms. The van der Waals surface area contributed by atoms with E-state index in [4.69, 9.17) is 14.6 Å². The molecule has 2 rings (SSSR count). The lowest BCUT2D eigenvalue weighted by Gasteiger charge is -2.20. The third-order valence-electron chi connectivity index (χ3n) is 1.51. The first-order valence-corrected chi connectivity index (χ1v) is 4.54. The summed E-state index contributed by atoms with van der Waals surface area (Å²) in [6.07, 6.45) is 0. The van der Waals surface area contributed by atoms with Crippen LogP contribution in [0.4, 0.5) is 0 Å². The first-order valence-electron chi connectivity index (χ1n) is 3.30. The van der Waals surface area contributed by atoms with Gasteiger partial charge in [-0.3, -0.25) is 5.50 Å². The van der Waals surface area contributed by atoms with Crippen LogP contribution >= 0.6 is 8.53 Å². The molecule has 1 aromatic rings. The zero-order valence-electron chi connectivity index (χ0n) is 5.86. The zero-order chi connectivity index (χ0) is 7.68. The number of hydrogen-bond acceptors (Lipinski definition) is 3. The van der Waals surface area contributed by atoms with Gasteiger partial charge < -0.3 is 9.05 Å². The van der Waals surface area contributed by atoms with Crippen molar-refractivity contribution in [2.75, 3.05) is 0 Å². The molecule has 0 amide bonds. The Morgan fingerprint density at radius 1 is 1.36 bits per heavy atom. The summed E-state index contributed by atoms with van der Waals surface area (Å²) in [5.74, 6) is 0.854. The molecule has 1 aliphatic heterocycles. The minimum Gasteiger partial charge on any atom is -0.436 e. The SMILES string of the molecule is NP1OCc2ccccc2O1. The number of nitrogens with two attached hydrogens (primary N) is 1. The molecule has 0 aromatic heterocycles. The predicted molar refractivity (Wildman–Crippen MR) is 43.0 cm³/mol. The van der Waals surface area contributed by atoms with Gasteiger partial charge in [-0.2, -0.15) is 0 Å². The van der Waals surface area contributed by atoms with Crippen molar-refractivity contribution in [1.29, 1.82) is 0 Å². The topological polar surface area (TPSA) is 44.5 Å². The Bertz CT molecular complexity index is 266. The van der Waals surface area contributed by atoms with E-state index in [9.17, 15) is 0 Å². The van der Waals surface area contributed by atoms with Crippen molar-refractivity contribution in [3.05, 3.63) is 29.8 Å². The molecule has 4 heteroatoms. The summed E-state index contributed by atoms with van der Waals surface area (Å²) in [5, 5.41) is 0. The van der Waals surface area contributed by atoms with Crippen LogP contribution in [0.3, 0.4) is 0 Å². The van der Waals surface area contributed by atoms with Gasteiger partial charge in [0.2, 0.25) is 0 Å². The standard InChI is InChI=1S/C7H8NO2P/c8-11-9-5-6-3-1-2-4-7(6)10-11/h1-4H,5,8H2. The van der Waals surface area contributed by atoms with Crippen LogP contribution in [0.15, 0.2) is 24.3 Å². The maximum absolute atomic E-state index is 5.47. The number of benzene rings is 1. The van der Waals surface area contributed by atoms with Gasteiger partial charge in [0, 0.05) is 5.56 Å². The van der Waals surface area contributed by atoms with E-state index in [1.165, 1.54) is 0 Å². The molecule has 58 valence electrons. The summed E-state index contributed by atoms with van der Waals surface area (Å²) in [4.78, 5) is 0. The maximum atomic E-state index is 5.47. The number of fused-ring (bicyclic) bond motifs is 1. The Labute approximate surface area is 66.1 Å². The number of hydrogen-bond donors (Lipinski definition) is 1. The molecule has 0 aliphatic carbocycles. The summed E-state index contributed by atoms with van der Waals surface area (Å²) < 4.78 is 10.4. The third-order valence-corrected chi connectivity index (χ3v) is 2.27. The molecule has 0 radical (unpaired) electrons. The second-order valence-corrected chi connectivity index (χ2v) is 3.27. The monoisotopic (exact) mass is 169 g/mol. The minimum absolute atomic E-state index is 0.568. The molecule has 0 fully saturated rings. The molecule has 11 heavy (non-hydrogen) atoms. The van der Waals surface area contributed by atoms with E-state index in [1.807, 2.05) is 24.3 Å². The van der Waals surface area contributed by atoms with E-state index in [2.05, 4.69) is 0 Å². The lowest BCUT2D eigenvalue weighted by Crippen LogP contribution is -2.08. The summed E-state index contributed by atoms with van der Waals surface area (Å²) in [6, 6.07) is 7.75. The molecule has 0 bridgehead atoms. The van der Waals surface area contributed by atoms with Crippen LogP contribution in [-0.2, 0) is 11.1 Å².